The highest BCUT2D eigenvalue weighted by Gasteiger charge is 2.27. The second-order valence-electron chi connectivity index (χ2n) is 8.24. The van der Waals surface area contributed by atoms with E-state index in [1.54, 1.807) is 0 Å². The molecular weight excluding hydrogens is 492 g/mol. The molecule has 0 spiro atoms. The first-order valence-electron chi connectivity index (χ1n) is 12.7. The van der Waals surface area contributed by atoms with Gasteiger partial charge in [-0.25, -0.2) is 0 Å². The van der Waals surface area contributed by atoms with E-state index < -0.39 is 0 Å². The van der Waals surface area contributed by atoms with E-state index in [0.717, 1.165) is 12.8 Å². The Labute approximate surface area is 223 Å². The van der Waals surface area contributed by atoms with Gasteiger partial charge < -0.3 is 59.4 Å². The second kappa shape index (κ2) is 31.7. The Morgan fingerprint density at radius 3 is 1.14 bits per heavy atom. The van der Waals surface area contributed by atoms with Crippen molar-refractivity contribution in [3.63, 3.8) is 0 Å². The third-order valence-electron chi connectivity index (χ3n) is 5.28. The second-order valence-corrected chi connectivity index (χ2v) is 8.24. The van der Waals surface area contributed by atoms with Crippen LogP contribution in [0.4, 0.5) is 0 Å². The van der Waals surface area contributed by atoms with Gasteiger partial charge in [-0.3, -0.25) is 0 Å². The topological polar surface area (TPSA) is 188 Å². The fraction of sp³-hybridized carbons (Fsp3) is 1.00. The number of rotatable bonds is 26. The molecule has 0 aliphatic heterocycles. The van der Waals surface area contributed by atoms with Crippen LogP contribution in [0.2, 0.25) is 0 Å². The van der Waals surface area contributed by atoms with Gasteiger partial charge in [0.05, 0.1) is 79.3 Å². The van der Waals surface area contributed by atoms with Crippen molar-refractivity contribution in [2.24, 2.45) is 5.41 Å². The van der Waals surface area contributed by atoms with Gasteiger partial charge in [0.15, 0.2) is 0 Å². The molecule has 7 N–H and O–H groups in total. The van der Waals surface area contributed by atoms with Gasteiger partial charge >= 0.3 is 0 Å². The molecule has 12 nitrogen and oxygen atoms in total. The largest absolute Gasteiger partial charge is 0.396 e. The first-order valence-corrected chi connectivity index (χ1v) is 12.7. The average Bonchev–Trinajstić information content (AvgIpc) is 2.86. The highest BCUT2D eigenvalue weighted by atomic mass is 16.6. The Morgan fingerprint density at radius 2 is 0.838 bits per heavy atom. The summed E-state index contributed by atoms with van der Waals surface area (Å²) in [7, 11) is 0. The molecular formula is C25H56O12. The van der Waals surface area contributed by atoms with Gasteiger partial charge in [-0.15, -0.1) is 0 Å². The molecule has 37 heavy (non-hydrogen) atoms. The lowest BCUT2D eigenvalue weighted by Crippen LogP contribution is -2.32. The van der Waals surface area contributed by atoms with Crippen molar-refractivity contribution < 1.29 is 59.4 Å². The van der Waals surface area contributed by atoms with E-state index in [1.807, 2.05) is 0 Å². The lowest BCUT2D eigenvalue weighted by molar-refractivity contribution is -0.103. The minimum absolute atomic E-state index is 0. The molecule has 0 heterocycles. The molecule has 0 rings (SSSR count). The van der Waals surface area contributed by atoms with Crippen molar-refractivity contribution in [3.8, 4) is 0 Å². The monoisotopic (exact) mass is 548 g/mol. The summed E-state index contributed by atoms with van der Waals surface area (Å²) in [5, 5.41) is 61.7. The Bertz CT molecular complexity index is 366. The van der Waals surface area contributed by atoms with Gasteiger partial charge in [0.1, 0.15) is 12.2 Å². The van der Waals surface area contributed by atoms with E-state index in [-0.39, 0.29) is 124 Å². The highest BCUT2D eigenvalue weighted by Crippen LogP contribution is 2.35. The lowest BCUT2D eigenvalue weighted by atomic mass is 9.75. The van der Waals surface area contributed by atoms with Crippen LogP contribution in [0.3, 0.4) is 0 Å². The van der Waals surface area contributed by atoms with Crippen LogP contribution >= 0.6 is 0 Å². The van der Waals surface area contributed by atoms with Crippen molar-refractivity contribution in [1.82, 2.24) is 0 Å². The molecule has 0 aromatic heterocycles. The zero-order valence-corrected chi connectivity index (χ0v) is 22.0. The standard InChI is InChI=1S/C14H30O9.C10H22O3.CH4/c15-1-5-19-9-13(22-7-3-17)11-21-12-14(23-8-4-18)10-20-6-2-16;1-2-3-10(4-7-11,5-8-12)6-9-13;/h13-18H,1-12H2;11-13H,2-9H2,1H3;1H4. The summed E-state index contributed by atoms with van der Waals surface area (Å²) in [5.41, 5.74) is -0.0486. The third kappa shape index (κ3) is 25.6. The minimum Gasteiger partial charge on any atom is -0.396 e. The average molecular weight is 549 g/mol. The summed E-state index contributed by atoms with van der Waals surface area (Å²) >= 11 is 0. The molecule has 0 aliphatic carbocycles. The SMILES string of the molecule is C.CCCC(CCO)(CCO)CCO.OCCOCC(COCC(COCCO)OCCO)OCCO. The van der Waals surface area contributed by atoms with Crippen LogP contribution in [0.1, 0.15) is 46.5 Å². The molecule has 2 atom stereocenters. The van der Waals surface area contributed by atoms with E-state index in [1.165, 1.54) is 0 Å². The summed E-state index contributed by atoms with van der Waals surface area (Å²) in [5.74, 6) is 0. The fourth-order valence-electron chi connectivity index (χ4n) is 3.61. The van der Waals surface area contributed by atoms with Crippen molar-refractivity contribution in [3.05, 3.63) is 0 Å². The van der Waals surface area contributed by atoms with Crippen LogP contribution < -0.4 is 0 Å². The molecule has 0 fully saturated rings. The van der Waals surface area contributed by atoms with Crippen LogP contribution in [-0.4, -0.2) is 147 Å². The maximum Gasteiger partial charge on any atom is 0.104 e. The van der Waals surface area contributed by atoms with Crippen LogP contribution in [-0.2, 0) is 23.7 Å². The summed E-state index contributed by atoms with van der Waals surface area (Å²) in [6, 6.07) is 0. The lowest BCUT2D eigenvalue weighted by Gasteiger charge is -2.32. The number of hydrogen-bond donors (Lipinski definition) is 7. The summed E-state index contributed by atoms with van der Waals surface area (Å²) in [6.07, 6.45) is 3.30. The molecule has 0 saturated carbocycles. The van der Waals surface area contributed by atoms with E-state index in [0.29, 0.717) is 19.3 Å². The molecule has 0 saturated heterocycles. The van der Waals surface area contributed by atoms with Gasteiger partial charge in [-0.2, -0.15) is 0 Å². The van der Waals surface area contributed by atoms with E-state index in [9.17, 15) is 0 Å². The maximum atomic E-state index is 8.92. The minimum atomic E-state index is -0.370. The van der Waals surface area contributed by atoms with Crippen molar-refractivity contribution in [2.45, 2.75) is 58.7 Å². The maximum absolute atomic E-state index is 8.92. The molecule has 2 unspecified atom stereocenters. The number of aliphatic hydroxyl groups excluding tert-OH is 7. The highest BCUT2D eigenvalue weighted by molar-refractivity contribution is 4.78. The zero-order chi connectivity index (χ0) is 27.3. The van der Waals surface area contributed by atoms with Crippen molar-refractivity contribution >= 4 is 0 Å². The van der Waals surface area contributed by atoms with Crippen LogP contribution in [0.15, 0.2) is 0 Å². The van der Waals surface area contributed by atoms with Crippen molar-refractivity contribution in [2.75, 3.05) is 99.1 Å². The van der Waals surface area contributed by atoms with Gasteiger partial charge in [0.2, 0.25) is 0 Å². The molecule has 0 aliphatic rings. The van der Waals surface area contributed by atoms with Crippen molar-refractivity contribution in [1.29, 1.82) is 0 Å². The Morgan fingerprint density at radius 1 is 0.486 bits per heavy atom. The number of hydrogen-bond acceptors (Lipinski definition) is 12. The van der Waals surface area contributed by atoms with Gasteiger partial charge in [0, 0.05) is 19.8 Å². The van der Waals surface area contributed by atoms with Crippen LogP contribution in [0.5, 0.6) is 0 Å². The normalized spacial score (nSPS) is 13.0. The fourth-order valence-corrected chi connectivity index (χ4v) is 3.61. The van der Waals surface area contributed by atoms with Gasteiger partial charge in [0.25, 0.3) is 0 Å². The van der Waals surface area contributed by atoms with Gasteiger partial charge in [-0.05, 0) is 31.1 Å². The van der Waals surface area contributed by atoms with E-state index >= 15 is 0 Å². The molecule has 0 aromatic carbocycles. The number of ether oxygens (including phenoxy) is 5. The smallest absolute Gasteiger partial charge is 0.104 e. The summed E-state index contributed by atoms with van der Waals surface area (Å²) in [6.45, 7) is 3.82. The predicted octanol–water partition coefficient (Wildman–Crippen LogP) is -0.668. The number of aliphatic hydroxyl groups is 7. The zero-order valence-electron chi connectivity index (χ0n) is 22.0. The molecule has 0 aromatic rings. The van der Waals surface area contributed by atoms with E-state index in [4.69, 9.17) is 59.4 Å². The van der Waals surface area contributed by atoms with Crippen LogP contribution in [0.25, 0.3) is 0 Å². The first kappa shape index (κ1) is 41.0. The Hall–Kier alpha value is -0.480. The molecule has 0 amide bonds. The molecule has 0 bridgehead atoms. The molecule has 228 valence electrons. The third-order valence-corrected chi connectivity index (χ3v) is 5.28. The van der Waals surface area contributed by atoms with Crippen LogP contribution in [0, 0.1) is 5.41 Å². The summed E-state index contributed by atoms with van der Waals surface area (Å²) < 4.78 is 26.6. The predicted molar refractivity (Wildman–Crippen MR) is 139 cm³/mol. The van der Waals surface area contributed by atoms with E-state index in [2.05, 4.69) is 6.92 Å². The Kier molecular flexibility index (Phi) is 35.2. The Balaban J connectivity index is -0.000000704. The summed E-state index contributed by atoms with van der Waals surface area (Å²) in [4.78, 5) is 0. The first-order chi connectivity index (χ1) is 17.5. The molecule has 0 radical (unpaired) electrons. The quantitative estimate of drug-likeness (QED) is 0.0677. The van der Waals surface area contributed by atoms with Gasteiger partial charge in [-0.1, -0.05) is 20.8 Å². The molecule has 12 heteroatoms.